The summed E-state index contributed by atoms with van der Waals surface area (Å²) in [4.78, 5) is 12.2. The third-order valence-electron chi connectivity index (χ3n) is 4.53. The third-order valence-corrected chi connectivity index (χ3v) is 4.81. The molecule has 0 saturated heterocycles. The van der Waals surface area contributed by atoms with Crippen LogP contribution in [0.4, 0.5) is 5.69 Å². The van der Waals surface area contributed by atoms with Crippen LogP contribution >= 0.6 is 11.6 Å². The number of ether oxygens (including phenoxy) is 2. The number of benzene rings is 3. The maximum Gasteiger partial charge on any atom is 0.262 e. The maximum atomic E-state index is 12.2. The van der Waals surface area contributed by atoms with Gasteiger partial charge >= 0.3 is 0 Å². The normalized spacial score (nSPS) is 10.9. The SMILES string of the molecule is CCOc1cc(/C=C(\C#N)c2ccc(C)cc2)cc(Cl)c1OCC(=O)Nc1ccccc1. The van der Waals surface area contributed by atoms with Gasteiger partial charge in [-0.3, -0.25) is 4.79 Å². The van der Waals surface area contributed by atoms with Gasteiger partial charge in [0.25, 0.3) is 5.91 Å². The number of hydrogen-bond acceptors (Lipinski definition) is 4. The maximum absolute atomic E-state index is 12.2. The summed E-state index contributed by atoms with van der Waals surface area (Å²) >= 11 is 6.46. The van der Waals surface area contributed by atoms with E-state index in [1.807, 2.05) is 56.3 Å². The minimum atomic E-state index is -0.315. The quantitative estimate of drug-likeness (QED) is 0.334. The van der Waals surface area contributed by atoms with E-state index in [1.54, 1.807) is 30.3 Å². The number of anilines is 1. The van der Waals surface area contributed by atoms with Crippen LogP contribution in [0.15, 0.2) is 66.7 Å². The largest absolute Gasteiger partial charge is 0.490 e. The van der Waals surface area contributed by atoms with E-state index in [4.69, 9.17) is 21.1 Å². The van der Waals surface area contributed by atoms with Crippen molar-refractivity contribution in [3.8, 4) is 17.6 Å². The Morgan fingerprint density at radius 1 is 1.09 bits per heavy atom. The topological polar surface area (TPSA) is 71.3 Å². The molecule has 1 amide bonds. The molecule has 0 atom stereocenters. The molecule has 0 fully saturated rings. The molecule has 0 aliphatic heterocycles. The fraction of sp³-hybridized carbons (Fsp3) is 0.154. The first-order chi connectivity index (χ1) is 15.5. The van der Waals surface area contributed by atoms with Gasteiger partial charge in [-0.05, 0) is 55.3 Å². The second-order valence-corrected chi connectivity index (χ2v) is 7.41. The Balaban J connectivity index is 1.82. The lowest BCUT2D eigenvalue weighted by Crippen LogP contribution is -2.20. The van der Waals surface area contributed by atoms with Gasteiger partial charge in [-0.25, -0.2) is 0 Å². The molecule has 6 heteroatoms. The molecular weight excluding hydrogens is 424 g/mol. The van der Waals surface area contributed by atoms with Gasteiger partial charge in [-0.1, -0.05) is 59.6 Å². The summed E-state index contributed by atoms with van der Waals surface area (Å²) in [7, 11) is 0. The zero-order valence-corrected chi connectivity index (χ0v) is 18.6. The Labute approximate surface area is 192 Å². The summed E-state index contributed by atoms with van der Waals surface area (Å²) in [6, 6.07) is 22.5. The molecule has 0 heterocycles. The second kappa shape index (κ2) is 11.0. The Kier molecular flexibility index (Phi) is 7.91. The van der Waals surface area contributed by atoms with E-state index in [0.717, 1.165) is 11.1 Å². The number of aryl methyl sites for hydroxylation is 1. The Morgan fingerprint density at radius 2 is 1.81 bits per heavy atom. The van der Waals surface area contributed by atoms with Crippen LogP contribution in [-0.2, 0) is 4.79 Å². The smallest absolute Gasteiger partial charge is 0.262 e. The standard InChI is InChI=1S/C26H23ClN2O3/c1-3-31-24-15-19(13-21(16-28)20-11-9-18(2)10-12-20)14-23(27)26(24)32-17-25(30)29-22-7-5-4-6-8-22/h4-15H,3,17H2,1-2H3,(H,29,30)/b21-13+. The number of nitrogens with one attached hydrogen (secondary N) is 1. The number of carbonyl (C=O) groups excluding carboxylic acids is 1. The predicted octanol–water partition coefficient (Wildman–Crippen LogP) is 6.13. The van der Waals surface area contributed by atoms with E-state index in [0.29, 0.717) is 29.2 Å². The average Bonchev–Trinajstić information content (AvgIpc) is 2.78. The number of rotatable bonds is 8. The number of allylic oxidation sites excluding steroid dienone is 1. The highest BCUT2D eigenvalue weighted by molar-refractivity contribution is 6.32. The zero-order chi connectivity index (χ0) is 22.9. The number of hydrogen-bond donors (Lipinski definition) is 1. The lowest BCUT2D eigenvalue weighted by molar-refractivity contribution is -0.118. The molecule has 0 unspecified atom stereocenters. The Morgan fingerprint density at radius 3 is 2.47 bits per heavy atom. The van der Waals surface area contributed by atoms with Crippen LogP contribution in [0.3, 0.4) is 0 Å². The second-order valence-electron chi connectivity index (χ2n) is 7.00. The highest BCUT2D eigenvalue weighted by atomic mass is 35.5. The molecule has 0 aliphatic rings. The minimum Gasteiger partial charge on any atom is -0.490 e. The van der Waals surface area contributed by atoms with Gasteiger partial charge in [0.15, 0.2) is 18.1 Å². The summed E-state index contributed by atoms with van der Waals surface area (Å²) in [6.45, 7) is 4.00. The van der Waals surface area contributed by atoms with E-state index < -0.39 is 0 Å². The van der Waals surface area contributed by atoms with Crippen molar-refractivity contribution in [1.29, 1.82) is 5.26 Å². The summed E-state index contributed by atoms with van der Waals surface area (Å²) in [6.07, 6.45) is 1.74. The molecule has 3 aromatic carbocycles. The van der Waals surface area contributed by atoms with Crippen molar-refractivity contribution in [1.82, 2.24) is 0 Å². The van der Waals surface area contributed by atoms with E-state index >= 15 is 0 Å². The van der Waals surface area contributed by atoms with Crippen molar-refractivity contribution < 1.29 is 14.3 Å². The van der Waals surface area contributed by atoms with Gasteiger partial charge in [0.1, 0.15) is 0 Å². The fourth-order valence-corrected chi connectivity index (χ4v) is 3.28. The molecule has 5 nitrogen and oxygen atoms in total. The van der Waals surface area contributed by atoms with Crippen molar-refractivity contribution in [2.75, 3.05) is 18.5 Å². The van der Waals surface area contributed by atoms with Crippen molar-refractivity contribution in [2.45, 2.75) is 13.8 Å². The molecule has 0 aliphatic carbocycles. The van der Waals surface area contributed by atoms with Gasteiger partial charge in [0.2, 0.25) is 0 Å². The molecule has 3 rings (SSSR count). The van der Waals surface area contributed by atoms with Crippen molar-refractivity contribution in [3.63, 3.8) is 0 Å². The van der Waals surface area contributed by atoms with Crippen LogP contribution in [0.2, 0.25) is 5.02 Å². The molecule has 0 saturated carbocycles. The number of para-hydroxylation sites is 1. The van der Waals surface area contributed by atoms with Crippen LogP contribution < -0.4 is 14.8 Å². The van der Waals surface area contributed by atoms with Crippen LogP contribution in [0.5, 0.6) is 11.5 Å². The number of nitrogens with zero attached hydrogens (tertiary/aromatic N) is 1. The van der Waals surface area contributed by atoms with Gasteiger partial charge in [0, 0.05) is 5.69 Å². The lowest BCUT2D eigenvalue weighted by Gasteiger charge is -2.14. The monoisotopic (exact) mass is 446 g/mol. The molecule has 32 heavy (non-hydrogen) atoms. The zero-order valence-electron chi connectivity index (χ0n) is 17.9. The number of nitriles is 1. The number of halogens is 1. The molecule has 3 aromatic rings. The molecule has 1 N–H and O–H groups in total. The molecular formula is C26H23ClN2O3. The van der Waals surface area contributed by atoms with E-state index in [2.05, 4.69) is 11.4 Å². The number of amides is 1. The average molecular weight is 447 g/mol. The van der Waals surface area contributed by atoms with Gasteiger partial charge in [-0.2, -0.15) is 5.26 Å². The van der Waals surface area contributed by atoms with Crippen molar-refractivity contribution >= 4 is 34.8 Å². The number of carbonyl (C=O) groups is 1. The fourth-order valence-electron chi connectivity index (χ4n) is 3.01. The first-order valence-corrected chi connectivity index (χ1v) is 10.5. The molecule has 0 aromatic heterocycles. The summed E-state index contributed by atoms with van der Waals surface area (Å²) < 4.78 is 11.4. The van der Waals surface area contributed by atoms with Crippen molar-refractivity contribution in [2.24, 2.45) is 0 Å². The minimum absolute atomic E-state index is 0.226. The first kappa shape index (κ1) is 22.9. The first-order valence-electron chi connectivity index (χ1n) is 10.1. The van der Waals surface area contributed by atoms with Crippen LogP contribution in [0.25, 0.3) is 11.6 Å². The molecule has 0 bridgehead atoms. The molecule has 0 radical (unpaired) electrons. The van der Waals surface area contributed by atoms with E-state index in [9.17, 15) is 10.1 Å². The summed E-state index contributed by atoms with van der Waals surface area (Å²) in [5, 5.41) is 12.7. The van der Waals surface area contributed by atoms with Crippen LogP contribution in [0, 0.1) is 18.3 Å². The summed E-state index contributed by atoms with van der Waals surface area (Å²) in [5.74, 6) is 0.368. The Hall–Kier alpha value is -3.75. The molecule has 162 valence electrons. The molecule has 0 spiro atoms. The summed E-state index contributed by atoms with van der Waals surface area (Å²) in [5.41, 5.74) is 3.80. The highest BCUT2D eigenvalue weighted by Gasteiger charge is 2.15. The van der Waals surface area contributed by atoms with Crippen molar-refractivity contribution in [3.05, 3.63) is 88.4 Å². The third kappa shape index (κ3) is 6.13. The van der Waals surface area contributed by atoms with Gasteiger partial charge in [0.05, 0.1) is 23.3 Å². The lowest BCUT2D eigenvalue weighted by atomic mass is 10.0. The Bertz CT molecular complexity index is 1150. The van der Waals surface area contributed by atoms with Gasteiger partial charge < -0.3 is 14.8 Å². The van der Waals surface area contributed by atoms with Crippen LogP contribution in [-0.4, -0.2) is 19.1 Å². The van der Waals surface area contributed by atoms with E-state index in [1.165, 1.54) is 0 Å². The van der Waals surface area contributed by atoms with Gasteiger partial charge in [-0.15, -0.1) is 0 Å². The van der Waals surface area contributed by atoms with Crippen LogP contribution in [0.1, 0.15) is 23.6 Å². The highest BCUT2D eigenvalue weighted by Crippen LogP contribution is 2.37. The predicted molar refractivity (Wildman–Crippen MR) is 128 cm³/mol. The van der Waals surface area contributed by atoms with E-state index in [-0.39, 0.29) is 23.3 Å².